The zero-order valence-corrected chi connectivity index (χ0v) is 12.0. The Morgan fingerprint density at radius 3 is 2.83 bits per heavy atom. The molecule has 1 atom stereocenters. The van der Waals surface area contributed by atoms with Crippen molar-refractivity contribution >= 4 is 11.8 Å². The van der Waals surface area contributed by atoms with Crippen LogP contribution in [0.2, 0.25) is 0 Å². The molecule has 1 aliphatic rings. The fourth-order valence-corrected chi connectivity index (χ4v) is 3.05. The quantitative estimate of drug-likeness (QED) is 0.803. The van der Waals surface area contributed by atoms with E-state index in [9.17, 15) is 5.11 Å². The number of fused-ring (bicyclic) bond motifs is 1. The second-order valence-corrected chi connectivity index (χ2v) is 6.22. The molecule has 0 spiro atoms. The lowest BCUT2D eigenvalue weighted by atomic mass is 10.1. The van der Waals surface area contributed by atoms with Crippen LogP contribution in [-0.4, -0.2) is 29.7 Å². The molecule has 18 heavy (non-hydrogen) atoms. The third-order valence-corrected chi connectivity index (χ3v) is 4.27. The highest BCUT2D eigenvalue weighted by Gasteiger charge is 2.12. The number of hydrogen-bond acceptors (Lipinski definition) is 3. The standard InChI is InChI=1S/C15H22O2S/c1-11(2)17-9-14(16)10-18-15-7-6-12-4-3-5-13(12)8-15/h6-8,11,14,16H,3-5,9-10H2,1-2H3. The van der Waals surface area contributed by atoms with Crippen molar-refractivity contribution in [3.8, 4) is 0 Å². The van der Waals surface area contributed by atoms with E-state index in [0.29, 0.717) is 12.4 Å². The fourth-order valence-electron chi connectivity index (χ4n) is 2.18. The van der Waals surface area contributed by atoms with Gasteiger partial charge in [-0.05, 0) is 56.4 Å². The van der Waals surface area contributed by atoms with Gasteiger partial charge in [-0.25, -0.2) is 0 Å². The summed E-state index contributed by atoms with van der Waals surface area (Å²) in [4.78, 5) is 1.26. The van der Waals surface area contributed by atoms with Crippen molar-refractivity contribution in [1.29, 1.82) is 0 Å². The third-order valence-electron chi connectivity index (χ3n) is 3.13. The van der Waals surface area contributed by atoms with Gasteiger partial charge in [-0.3, -0.25) is 0 Å². The largest absolute Gasteiger partial charge is 0.390 e. The second-order valence-electron chi connectivity index (χ2n) is 5.13. The van der Waals surface area contributed by atoms with Crippen LogP contribution in [0, 0.1) is 0 Å². The van der Waals surface area contributed by atoms with Gasteiger partial charge in [0.2, 0.25) is 0 Å². The molecule has 100 valence electrons. The van der Waals surface area contributed by atoms with E-state index >= 15 is 0 Å². The maximum atomic E-state index is 9.81. The number of rotatable bonds is 6. The normalized spacial score (nSPS) is 16.0. The first-order valence-electron chi connectivity index (χ1n) is 6.69. The summed E-state index contributed by atoms with van der Waals surface area (Å²) in [5.41, 5.74) is 3.00. The van der Waals surface area contributed by atoms with Crippen molar-refractivity contribution < 1.29 is 9.84 Å². The summed E-state index contributed by atoms with van der Waals surface area (Å²) in [7, 11) is 0. The van der Waals surface area contributed by atoms with Crippen LogP contribution in [0.1, 0.15) is 31.4 Å². The molecule has 0 fully saturated rings. The Morgan fingerprint density at radius 2 is 2.06 bits per heavy atom. The molecule has 3 heteroatoms. The topological polar surface area (TPSA) is 29.5 Å². The molecule has 1 N–H and O–H groups in total. The van der Waals surface area contributed by atoms with E-state index in [0.717, 1.165) is 0 Å². The molecule has 1 unspecified atom stereocenters. The number of aliphatic hydroxyl groups excluding tert-OH is 1. The summed E-state index contributed by atoms with van der Waals surface area (Å²) in [5.74, 6) is 0.700. The van der Waals surface area contributed by atoms with Gasteiger partial charge in [0.1, 0.15) is 0 Å². The van der Waals surface area contributed by atoms with Gasteiger partial charge in [0, 0.05) is 10.6 Å². The number of thioether (sulfide) groups is 1. The minimum absolute atomic E-state index is 0.185. The molecule has 0 amide bonds. The van der Waals surface area contributed by atoms with Gasteiger partial charge in [-0.1, -0.05) is 6.07 Å². The molecule has 0 heterocycles. The Hall–Kier alpha value is -0.510. The lowest BCUT2D eigenvalue weighted by Gasteiger charge is -2.13. The predicted octanol–water partition coefficient (Wildman–Crippen LogP) is 3.05. The highest BCUT2D eigenvalue weighted by atomic mass is 32.2. The number of aliphatic hydroxyl groups is 1. The summed E-state index contributed by atoms with van der Waals surface area (Å²) in [5, 5.41) is 9.81. The molecule has 0 saturated carbocycles. The summed E-state index contributed by atoms with van der Waals surface area (Å²) in [6, 6.07) is 6.69. The Balaban J connectivity index is 1.79. The number of benzene rings is 1. The van der Waals surface area contributed by atoms with Gasteiger partial charge in [-0.15, -0.1) is 11.8 Å². The van der Waals surface area contributed by atoms with E-state index in [-0.39, 0.29) is 12.2 Å². The summed E-state index contributed by atoms with van der Waals surface area (Å²) in [6.07, 6.45) is 3.53. The van der Waals surface area contributed by atoms with Crippen molar-refractivity contribution in [2.24, 2.45) is 0 Å². The molecular weight excluding hydrogens is 244 g/mol. The van der Waals surface area contributed by atoms with Crippen LogP contribution in [0.15, 0.2) is 23.1 Å². The number of ether oxygens (including phenoxy) is 1. The van der Waals surface area contributed by atoms with Crippen LogP contribution in [0.5, 0.6) is 0 Å². The Kier molecular flexibility index (Phi) is 5.10. The van der Waals surface area contributed by atoms with E-state index in [1.165, 1.54) is 35.3 Å². The Morgan fingerprint density at radius 1 is 1.28 bits per heavy atom. The first-order chi connectivity index (χ1) is 8.65. The molecule has 0 bridgehead atoms. The second kappa shape index (κ2) is 6.60. The van der Waals surface area contributed by atoms with Gasteiger partial charge >= 0.3 is 0 Å². The van der Waals surface area contributed by atoms with Crippen LogP contribution >= 0.6 is 11.8 Å². The highest BCUT2D eigenvalue weighted by Crippen LogP contribution is 2.27. The van der Waals surface area contributed by atoms with E-state index < -0.39 is 0 Å². The fraction of sp³-hybridized carbons (Fsp3) is 0.600. The van der Waals surface area contributed by atoms with Crippen LogP contribution in [0.25, 0.3) is 0 Å². The first kappa shape index (κ1) is 13.9. The predicted molar refractivity (Wildman–Crippen MR) is 76.3 cm³/mol. The lowest BCUT2D eigenvalue weighted by molar-refractivity contribution is 0.0152. The molecule has 1 aromatic rings. The van der Waals surface area contributed by atoms with Crippen molar-refractivity contribution in [2.75, 3.05) is 12.4 Å². The van der Waals surface area contributed by atoms with Crippen LogP contribution < -0.4 is 0 Å². The van der Waals surface area contributed by atoms with Crippen LogP contribution in [-0.2, 0) is 17.6 Å². The Labute approximate surface area is 114 Å². The zero-order valence-electron chi connectivity index (χ0n) is 11.2. The SMILES string of the molecule is CC(C)OCC(O)CSc1ccc2c(c1)CCC2. The zero-order chi connectivity index (χ0) is 13.0. The summed E-state index contributed by atoms with van der Waals surface area (Å²) in [6.45, 7) is 4.40. The maximum Gasteiger partial charge on any atom is 0.0867 e. The summed E-state index contributed by atoms with van der Waals surface area (Å²) < 4.78 is 5.40. The van der Waals surface area contributed by atoms with Crippen LogP contribution in [0.3, 0.4) is 0 Å². The first-order valence-corrected chi connectivity index (χ1v) is 7.68. The molecule has 0 radical (unpaired) electrons. The molecular formula is C15H22O2S. The van der Waals surface area contributed by atoms with Gasteiger partial charge < -0.3 is 9.84 Å². The van der Waals surface area contributed by atoms with Gasteiger partial charge in [0.05, 0.1) is 18.8 Å². The van der Waals surface area contributed by atoms with E-state index in [1.807, 2.05) is 13.8 Å². The van der Waals surface area contributed by atoms with Gasteiger partial charge in [0.15, 0.2) is 0 Å². The molecule has 0 aliphatic heterocycles. The number of aryl methyl sites for hydroxylation is 2. The highest BCUT2D eigenvalue weighted by molar-refractivity contribution is 7.99. The minimum atomic E-state index is -0.384. The maximum absolute atomic E-state index is 9.81. The van der Waals surface area contributed by atoms with Gasteiger partial charge in [-0.2, -0.15) is 0 Å². The number of hydrogen-bond donors (Lipinski definition) is 1. The molecule has 1 aromatic carbocycles. The van der Waals surface area contributed by atoms with E-state index in [2.05, 4.69) is 18.2 Å². The third kappa shape index (κ3) is 4.01. The minimum Gasteiger partial charge on any atom is -0.390 e. The van der Waals surface area contributed by atoms with Crippen molar-refractivity contribution in [3.05, 3.63) is 29.3 Å². The van der Waals surface area contributed by atoms with Crippen molar-refractivity contribution in [2.45, 2.75) is 50.2 Å². The van der Waals surface area contributed by atoms with Crippen LogP contribution in [0.4, 0.5) is 0 Å². The lowest BCUT2D eigenvalue weighted by Crippen LogP contribution is -2.20. The average Bonchev–Trinajstić information content (AvgIpc) is 2.81. The molecule has 0 aromatic heterocycles. The molecule has 1 aliphatic carbocycles. The molecule has 2 nitrogen and oxygen atoms in total. The van der Waals surface area contributed by atoms with Crippen molar-refractivity contribution in [3.63, 3.8) is 0 Å². The summed E-state index contributed by atoms with van der Waals surface area (Å²) >= 11 is 1.72. The monoisotopic (exact) mass is 266 g/mol. The average molecular weight is 266 g/mol. The van der Waals surface area contributed by atoms with Crippen molar-refractivity contribution in [1.82, 2.24) is 0 Å². The van der Waals surface area contributed by atoms with E-state index in [1.54, 1.807) is 11.8 Å². The Bertz CT molecular complexity index is 390. The molecule has 0 saturated heterocycles. The smallest absolute Gasteiger partial charge is 0.0867 e. The van der Waals surface area contributed by atoms with E-state index in [4.69, 9.17) is 4.74 Å². The van der Waals surface area contributed by atoms with Gasteiger partial charge in [0.25, 0.3) is 0 Å². The molecule has 2 rings (SSSR count).